The van der Waals surface area contributed by atoms with Crippen LogP contribution in [0.3, 0.4) is 0 Å². The van der Waals surface area contributed by atoms with Crippen LogP contribution in [0.4, 0.5) is 0 Å². The van der Waals surface area contributed by atoms with Crippen LogP contribution in [0.25, 0.3) is 22.0 Å². The number of aromatic hydroxyl groups is 1. The lowest BCUT2D eigenvalue weighted by molar-refractivity contribution is -0.123. The summed E-state index contributed by atoms with van der Waals surface area (Å²) in [6, 6.07) is 15.9. The number of phenols is 1. The SMILES string of the molecule is Cc1cc(-c2ccc(O)c(CN3CCCC(C(N)=O)C3)c2)c2ccccc2n1. The maximum atomic E-state index is 11.6. The highest BCUT2D eigenvalue weighted by Gasteiger charge is 2.24. The first-order valence-electron chi connectivity index (χ1n) is 9.71. The minimum Gasteiger partial charge on any atom is -0.508 e. The summed E-state index contributed by atoms with van der Waals surface area (Å²) in [5, 5.41) is 11.5. The molecule has 144 valence electrons. The Morgan fingerprint density at radius 3 is 2.89 bits per heavy atom. The number of hydrogen-bond donors (Lipinski definition) is 2. The number of pyridine rings is 1. The van der Waals surface area contributed by atoms with E-state index in [1.54, 1.807) is 6.07 Å². The number of aryl methyl sites for hydroxylation is 1. The molecule has 0 aliphatic carbocycles. The predicted molar refractivity (Wildman–Crippen MR) is 111 cm³/mol. The molecule has 1 aliphatic heterocycles. The number of primary amides is 1. The Bertz CT molecular complexity index is 1030. The molecule has 0 bridgehead atoms. The molecule has 1 fully saturated rings. The zero-order chi connectivity index (χ0) is 19.7. The van der Waals surface area contributed by atoms with E-state index in [1.807, 2.05) is 37.3 Å². The van der Waals surface area contributed by atoms with Crippen molar-refractivity contribution in [3.63, 3.8) is 0 Å². The number of likely N-dealkylation sites (tertiary alicyclic amines) is 1. The first kappa shape index (κ1) is 18.4. The van der Waals surface area contributed by atoms with Crippen LogP contribution in [0.2, 0.25) is 0 Å². The summed E-state index contributed by atoms with van der Waals surface area (Å²) in [6.07, 6.45) is 1.79. The van der Waals surface area contributed by atoms with E-state index in [-0.39, 0.29) is 17.6 Å². The first-order valence-corrected chi connectivity index (χ1v) is 9.71. The molecule has 0 spiro atoms. The number of piperidine rings is 1. The van der Waals surface area contributed by atoms with E-state index >= 15 is 0 Å². The van der Waals surface area contributed by atoms with Crippen molar-refractivity contribution in [3.8, 4) is 16.9 Å². The van der Waals surface area contributed by atoms with Gasteiger partial charge in [-0.25, -0.2) is 0 Å². The van der Waals surface area contributed by atoms with E-state index in [1.165, 1.54) is 0 Å². The van der Waals surface area contributed by atoms with Crippen molar-refractivity contribution >= 4 is 16.8 Å². The number of nitrogens with zero attached hydrogens (tertiary/aromatic N) is 2. The molecule has 5 heteroatoms. The number of fused-ring (bicyclic) bond motifs is 1. The Morgan fingerprint density at radius 2 is 2.07 bits per heavy atom. The molecule has 2 aromatic carbocycles. The average Bonchev–Trinajstić information content (AvgIpc) is 2.69. The molecule has 1 saturated heterocycles. The van der Waals surface area contributed by atoms with Gasteiger partial charge in [0.2, 0.25) is 5.91 Å². The maximum absolute atomic E-state index is 11.6. The average molecular weight is 375 g/mol. The number of nitrogens with two attached hydrogens (primary N) is 1. The summed E-state index contributed by atoms with van der Waals surface area (Å²) >= 11 is 0. The number of benzene rings is 2. The second-order valence-electron chi connectivity index (χ2n) is 7.65. The monoisotopic (exact) mass is 375 g/mol. The molecule has 1 atom stereocenters. The lowest BCUT2D eigenvalue weighted by Crippen LogP contribution is -2.40. The fourth-order valence-corrected chi connectivity index (χ4v) is 4.10. The minimum atomic E-state index is -0.235. The standard InChI is InChI=1S/C23H25N3O2/c1-15-11-20(19-6-2-3-7-21(19)25-15)16-8-9-22(27)18(12-16)14-26-10-4-5-17(13-26)23(24)28/h2-3,6-9,11-12,17,27H,4-5,10,13-14H2,1H3,(H2,24,28). The van der Waals surface area contributed by atoms with Gasteiger partial charge in [0.05, 0.1) is 11.4 Å². The minimum absolute atomic E-state index is 0.106. The molecule has 3 N–H and O–H groups in total. The van der Waals surface area contributed by atoms with Gasteiger partial charge in [0.15, 0.2) is 0 Å². The topological polar surface area (TPSA) is 79.5 Å². The van der Waals surface area contributed by atoms with Crippen LogP contribution in [-0.2, 0) is 11.3 Å². The van der Waals surface area contributed by atoms with Crippen LogP contribution in [0.5, 0.6) is 5.75 Å². The highest BCUT2D eigenvalue weighted by molar-refractivity contribution is 5.94. The van der Waals surface area contributed by atoms with Gasteiger partial charge in [0.25, 0.3) is 0 Å². The van der Waals surface area contributed by atoms with Gasteiger partial charge < -0.3 is 10.8 Å². The Labute approximate surface area is 164 Å². The van der Waals surface area contributed by atoms with Crippen LogP contribution in [0, 0.1) is 12.8 Å². The van der Waals surface area contributed by atoms with Gasteiger partial charge in [-0.1, -0.05) is 24.3 Å². The Hall–Kier alpha value is -2.92. The van der Waals surface area contributed by atoms with Crippen molar-refractivity contribution in [2.24, 2.45) is 11.7 Å². The van der Waals surface area contributed by atoms with Crippen LogP contribution >= 0.6 is 0 Å². The van der Waals surface area contributed by atoms with Crippen LogP contribution in [0.1, 0.15) is 24.1 Å². The molecule has 2 heterocycles. The van der Waals surface area contributed by atoms with E-state index in [9.17, 15) is 9.90 Å². The number of carbonyl (C=O) groups excluding carboxylic acids is 1. The molecule has 5 nitrogen and oxygen atoms in total. The highest BCUT2D eigenvalue weighted by Crippen LogP contribution is 2.32. The van der Waals surface area contributed by atoms with Crippen molar-refractivity contribution < 1.29 is 9.90 Å². The first-order chi connectivity index (χ1) is 13.5. The van der Waals surface area contributed by atoms with E-state index in [2.05, 4.69) is 22.0 Å². The summed E-state index contributed by atoms with van der Waals surface area (Å²) in [4.78, 5) is 18.4. The number of hydrogen-bond acceptors (Lipinski definition) is 4. The van der Waals surface area contributed by atoms with E-state index < -0.39 is 0 Å². The number of amides is 1. The van der Waals surface area contributed by atoms with Gasteiger partial charge >= 0.3 is 0 Å². The van der Waals surface area contributed by atoms with Gasteiger partial charge in [0.1, 0.15) is 5.75 Å². The molecular formula is C23H25N3O2. The third kappa shape index (κ3) is 3.71. The third-order valence-corrected chi connectivity index (χ3v) is 5.54. The molecule has 0 radical (unpaired) electrons. The molecule has 4 rings (SSSR count). The van der Waals surface area contributed by atoms with Crippen LogP contribution < -0.4 is 5.73 Å². The van der Waals surface area contributed by atoms with E-state index in [0.717, 1.165) is 52.7 Å². The summed E-state index contributed by atoms with van der Waals surface area (Å²) in [5.41, 5.74) is 10.5. The summed E-state index contributed by atoms with van der Waals surface area (Å²) in [7, 11) is 0. The fourth-order valence-electron chi connectivity index (χ4n) is 4.10. The van der Waals surface area contributed by atoms with E-state index in [0.29, 0.717) is 13.1 Å². The van der Waals surface area contributed by atoms with Crippen molar-refractivity contribution in [3.05, 3.63) is 59.8 Å². The number of para-hydroxylation sites is 1. The Balaban J connectivity index is 1.68. The highest BCUT2D eigenvalue weighted by atomic mass is 16.3. The number of carbonyl (C=O) groups is 1. The molecule has 1 aliphatic rings. The Kier molecular flexibility index (Phi) is 5.01. The fraction of sp³-hybridized carbons (Fsp3) is 0.304. The summed E-state index contributed by atoms with van der Waals surface area (Å²) in [5.74, 6) is -0.0627. The van der Waals surface area contributed by atoms with Gasteiger partial charge in [-0.2, -0.15) is 0 Å². The second-order valence-corrected chi connectivity index (χ2v) is 7.65. The quantitative estimate of drug-likeness (QED) is 0.730. The van der Waals surface area contributed by atoms with Crippen LogP contribution in [0.15, 0.2) is 48.5 Å². The molecule has 28 heavy (non-hydrogen) atoms. The molecule has 0 saturated carbocycles. The van der Waals surface area contributed by atoms with Crippen molar-refractivity contribution in [1.82, 2.24) is 9.88 Å². The van der Waals surface area contributed by atoms with E-state index in [4.69, 9.17) is 5.73 Å². The van der Waals surface area contributed by atoms with Crippen molar-refractivity contribution in [2.45, 2.75) is 26.3 Å². The molecule has 1 unspecified atom stereocenters. The van der Waals surface area contributed by atoms with Gasteiger partial charge in [-0.05, 0) is 61.7 Å². The molecular weight excluding hydrogens is 350 g/mol. The zero-order valence-electron chi connectivity index (χ0n) is 16.1. The second kappa shape index (κ2) is 7.60. The summed E-state index contributed by atoms with van der Waals surface area (Å²) < 4.78 is 0. The number of phenolic OH excluding ortho intramolecular Hbond substituents is 1. The van der Waals surface area contributed by atoms with Crippen molar-refractivity contribution in [1.29, 1.82) is 0 Å². The molecule has 1 amide bonds. The van der Waals surface area contributed by atoms with Crippen LogP contribution in [-0.4, -0.2) is 34.0 Å². The lowest BCUT2D eigenvalue weighted by Gasteiger charge is -2.31. The molecule has 3 aromatic rings. The third-order valence-electron chi connectivity index (χ3n) is 5.54. The van der Waals surface area contributed by atoms with Gasteiger partial charge in [-0.15, -0.1) is 0 Å². The predicted octanol–water partition coefficient (Wildman–Crippen LogP) is 3.61. The van der Waals surface area contributed by atoms with Gasteiger partial charge in [0, 0.05) is 29.7 Å². The van der Waals surface area contributed by atoms with Gasteiger partial charge in [-0.3, -0.25) is 14.7 Å². The zero-order valence-corrected chi connectivity index (χ0v) is 16.1. The normalized spacial score (nSPS) is 17.7. The maximum Gasteiger partial charge on any atom is 0.221 e. The van der Waals surface area contributed by atoms with Crippen molar-refractivity contribution in [2.75, 3.05) is 13.1 Å². The lowest BCUT2D eigenvalue weighted by atomic mass is 9.95. The number of rotatable bonds is 4. The molecule has 1 aromatic heterocycles. The smallest absolute Gasteiger partial charge is 0.221 e. The largest absolute Gasteiger partial charge is 0.508 e. The summed E-state index contributed by atoms with van der Waals surface area (Å²) in [6.45, 7) is 4.15. The number of aromatic nitrogens is 1. The Morgan fingerprint density at radius 1 is 1.25 bits per heavy atom.